The normalized spacial score (nSPS) is 11.6. The topological polar surface area (TPSA) is 98.1 Å². The smallest absolute Gasteiger partial charge is 0.266 e. The Balaban J connectivity index is 1.98. The molecule has 1 amide bonds. The van der Waals surface area contributed by atoms with Crippen LogP contribution in [0.2, 0.25) is 5.15 Å². The number of aromatic nitrogens is 4. The van der Waals surface area contributed by atoms with Crippen LogP contribution in [0.4, 0.5) is 0 Å². The van der Waals surface area contributed by atoms with Crippen molar-refractivity contribution in [3.05, 3.63) is 46.4 Å². The highest BCUT2D eigenvalue weighted by molar-refractivity contribution is 7.89. The van der Waals surface area contributed by atoms with Crippen LogP contribution >= 0.6 is 22.9 Å². The van der Waals surface area contributed by atoms with Gasteiger partial charge in [-0.3, -0.25) is 14.5 Å². The molecule has 0 aliphatic carbocycles. The summed E-state index contributed by atoms with van der Waals surface area (Å²) in [7, 11) is -2.64. The summed E-state index contributed by atoms with van der Waals surface area (Å²) in [6.45, 7) is 3.04. The standard InChI is InChI=1S/C16H16ClN5O3S2/c1-4-22(27(24,25)13-10(2)20-21(3)14(13)17)16(23)12-9-26-15(19-12)11-5-7-18-8-6-11/h5-9H,4H2,1-3H3. The van der Waals surface area contributed by atoms with E-state index in [-0.39, 0.29) is 28.0 Å². The number of sulfonamides is 1. The van der Waals surface area contributed by atoms with Crippen molar-refractivity contribution in [2.24, 2.45) is 7.05 Å². The Morgan fingerprint density at radius 3 is 2.56 bits per heavy atom. The van der Waals surface area contributed by atoms with E-state index in [4.69, 9.17) is 11.6 Å². The third-order valence-corrected chi connectivity index (χ3v) is 7.26. The number of amides is 1. The van der Waals surface area contributed by atoms with Crippen molar-refractivity contribution in [2.45, 2.75) is 18.7 Å². The van der Waals surface area contributed by atoms with E-state index in [1.165, 1.54) is 35.4 Å². The zero-order chi connectivity index (χ0) is 19.8. The lowest BCUT2D eigenvalue weighted by molar-refractivity contribution is 0.0861. The van der Waals surface area contributed by atoms with Crippen LogP contribution in [0.15, 0.2) is 34.8 Å². The van der Waals surface area contributed by atoms with Gasteiger partial charge in [0.2, 0.25) is 0 Å². The molecule has 0 saturated heterocycles. The first-order chi connectivity index (χ1) is 12.8. The van der Waals surface area contributed by atoms with Gasteiger partial charge in [0.15, 0.2) is 0 Å². The SMILES string of the molecule is CCN(C(=O)c1csc(-c2ccncc2)n1)S(=O)(=O)c1c(C)nn(C)c1Cl. The molecule has 0 aliphatic rings. The first kappa shape index (κ1) is 19.5. The Morgan fingerprint density at radius 1 is 1.33 bits per heavy atom. The molecule has 0 fully saturated rings. The van der Waals surface area contributed by atoms with Crippen LogP contribution in [0.5, 0.6) is 0 Å². The largest absolute Gasteiger partial charge is 0.287 e. The highest BCUT2D eigenvalue weighted by Crippen LogP contribution is 2.29. The van der Waals surface area contributed by atoms with Crippen molar-refractivity contribution in [3.63, 3.8) is 0 Å². The van der Waals surface area contributed by atoms with Crippen molar-refractivity contribution >= 4 is 38.9 Å². The summed E-state index contributed by atoms with van der Waals surface area (Å²) in [6, 6.07) is 3.53. The highest BCUT2D eigenvalue weighted by Gasteiger charge is 2.35. The van der Waals surface area contributed by atoms with E-state index in [1.807, 2.05) is 0 Å². The maximum Gasteiger partial charge on any atom is 0.287 e. The van der Waals surface area contributed by atoms with Crippen molar-refractivity contribution in [2.75, 3.05) is 6.54 Å². The molecule has 142 valence electrons. The Morgan fingerprint density at radius 2 is 2.00 bits per heavy atom. The van der Waals surface area contributed by atoms with E-state index in [0.29, 0.717) is 5.01 Å². The number of hydrogen-bond donors (Lipinski definition) is 0. The maximum absolute atomic E-state index is 13.0. The maximum atomic E-state index is 13.0. The minimum atomic E-state index is -4.17. The van der Waals surface area contributed by atoms with Gasteiger partial charge in [-0.2, -0.15) is 5.10 Å². The van der Waals surface area contributed by atoms with Crippen molar-refractivity contribution in [1.29, 1.82) is 0 Å². The fourth-order valence-electron chi connectivity index (χ4n) is 2.56. The molecule has 0 bridgehead atoms. The predicted octanol–water partition coefficient (Wildman–Crippen LogP) is 2.75. The van der Waals surface area contributed by atoms with E-state index in [9.17, 15) is 13.2 Å². The Labute approximate surface area is 165 Å². The molecule has 0 aliphatic heterocycles. The lowest BCUT2D eigenvalue weighted by Gasteiger charge is -2.19. The van der Waals surface area contributed by atoms with Gasteiger partial charge in [-0.15, -0.1) is 11.3 Å². The first-order valence-corrected chi connectivity index (χ1v) is 10.6. The second-order valence-corrected chi connectivity index (χ2v) is 8.59. The average molecular weight is 426 g/mol. The van der Waals surface area contributed by atoms with Gasteiger partial charge in [0.05, 0.1) is 5.69 Å². The van der Waals surface area contributed by atoms with Gasteiger partial charge in [0, 0.05) is 36.9 Å². The molecule has 0 N–H and O–H groups in total. The zero-order valence-electron chi connectivity index (χ0n) is 14.7. The zero-order valence-corrected chi connectivity index (χ0v) is 17.1. The van der Waals surface area contributed by atoms with E-state index in [2.05, 4.69) is 15.1 Å². The summed E-state index contributed by atoms with van der Waals surface area (Å²) >= 11 is 7.35. The van der Waals surface area contributed by atoms with Crippen molar-refractivity contribution in [1.82, 2.24) is 24.1 Å². The molecule has 11 heteroatoms. The molecule has 3 aromatic heterocycles. The van der Waals surface area contributed by atoms with E-state index in [0.717, 1.165) is 9.87 Å². The number of thiazole rings is 1. The number of carbonyl (C=O) groups excluding carboxylic acids is 1. The predicted molar refractivity (Wildman–Crippen MR) is 102 cm³/mol. The third kappa shape index (κ3) is 3.47. The first-order valence-electron chi connectivity index (χ1n) is 7.89. The van der Waals surface area contributed by atoms with Gasteiger partial charge in [-0.25, -0.2) is 17.7 Å². The molecule has 3 rings (SSSR count). The highest BCUT2D eigenvalue weighted by atomic mass is 35.5. The molecule has 0 aromatic carbocycles. The number of hydrogen-bond acceptors (Lipinski definition) is 7. The van der Waals surface area contributed by atoms with Gasteiger partial charge in [0.1, 0.15) is 20.8 Å². The molecular formula is C16H16ClN5O3S2. The number of aryl methyl sites for hydroxylation is 2. The monoisotopic (exact) mass is 425 g/mol. The van der Waals surface area contributed by atoms with Crippen molar-refractivity contribution in [3.8, 4) is 10.6 Å². The van der Waals surface area contributed by atoms with Gasteiger partial charge in [0.25, 0.3) is 15.9 Å². The summed E-state index contributed by atoms with van der Waals surface area (Å²) in [5, 5.41) is 6.11. The van der Waals surface area contributed by atoms with Crippen LogP contribution in [0.3, 0.4) is 0 Å². The van der Waals surface area contributed by atoms with E-state index < -0.39 is 15.9 Å². The van der Waals surface area contributed by atoms with E-state index >= 15 is 0 Å². The average Bonchev–Trinajstić information content (AvgIpc) is 3.21. The second-order valence-electron chi connectivity index (χ2n) is 5.58. The minimum Gasteiger partial charge on any atom is -0.266 e. The molecule has 0 atom stereocenters. The van der Waals surface area contributed by atoms with Gasteiger partial charge >= 0.3 is 0 Å². The summed E-state index contributed by atoms with van der Waals surface area (Å²) in [5.41, 5.74) is 1.07. The molecule has 8 nitrogen and oxygen atoms in total. The minimum absolute atomic E-state index is 0.0468. The van der Waals surface area contributed by atoms with Gasteiger partial charge < -0.3 is 0 Å². The Kier molecular flexibility index (Phi) is 5.31. The van der Waals surface area contributed by atoms with Crippen LogP contribution in [0.25, 0.3) is 10.6 Å². The number of nitrogens with zero attached hydrogens (tertiary/aromatic N) is 5. The summed E-state index contributed by atoms with van der Waals surface area (Å²) in [4.78, 5) is 20.9. The number of pyridine rings is 1. The Bertz CT molecular complexity index is 1090. The molecule has 0 radical (unpaired) electrons. The summed E-state index contributed by atoms with van der Waals surface area (Å²) in [6.07, 6.45) is 3.24. The quantitative estimate of drug-likeness (QED) is 0.623. The molecule has 27 heavy (non-hydrogen) atoms. The van der Waals surface area contributed by atoms with Crippen LogP contribution in [0.1, 0.15) is 23.1 Å². The van der Waals surface area contributed by atoms with Crippen LogP contribution in [-0.2, 0) is 17.1 Å². The molecular weight excluding hydrogens is 410 g/mol. The summed E-state index contributed by atoms with van der Waals surface area (Å²) in [5.74, 6) is -0.714. The van der Waals surface area contributed by atoms with Crippen molar-refractivity contribution < 1.29 is 13.2 Å². The third-order valence-electron chi connectivity index (χ3n) is 3.81. The van der Waals surface area contributed by atoms with Crippen LogP contribution in [-0.4, -0.2) is 44.9 Å². The molecule has 3 heterocycles. The summed E-state index contributed by atoms with van der Waals surface area (Å²) < 4.78 is 28.1. The number of rotatable bonds is 5. The van der Waals surface area contributed by atoms with Crippen LogP contribution < -0.4 is 0 Å². The molecule has 0 spiro atoms. The van der Waals surface area contributed by atoms with Crippen LogP contribution in [0, 0.1) is 6.92 Å². The molecule has 0 unspecified atom stereocenters. The number of carbonyl (C=O) groups is 1. The Hall–Kier alpha value is -2.30. The molecule has 0 saturated carbocycles. The molecule has 3 aromatic rings. The van der Waals surface area contributed by atoms with E-state index in [1.54, 1.807) is 31.5 Å². The fourth-order valence-corrected chi connectivity index (χ4v) is 5.46. The lowest BCUT2D eigenvalue weighted by Crippen LogP contribution is -2.37. The number of halogens is 1. The fraction of sp³-hybridized carbons (Fsp3) is 0.250. The second kappa shape index (κ2) is 7.37. The van der Waals surface area contributed by atoms with Gasteiger partial charge in [-0.05, 0) is 26.0 Å². The van der Waals surface area contributed by atoms with Gasteiger partial charge in [-0.1, -0.05) is 11.6 Å². The lowest BCUT2D eigenvalue weighted by atomic mass is 10.3.